The maximum Gasteiger partial charge on any atom is 0.573 e. The minimum atomic E-state index is -4.71. The number of nitrogens with zero attached hydrogens (tertiary/aromatic N) is 3. The molecule has 0 aliphatic rings. The Morgan fingerprint density at radius 1 is 1.23 bits per heavy atom. The Labute approximate surface area is 154 Å². The fourth-order valence-corrected chi connectivity index (χ4v) is 3.44. The number of alkyl halides is 3. The van der Waals surface area contributed by atoms with Gasteiger partial charge in [0.25, 0.3) is 0 Å². The third kappa shape index (κ3) is 5.14. The number of rotatable bonds is 7. The predicted molar refractivity (Wildman–Crippen MR) is 93.1 cm³/mol. The first-order valence-corrected chi connectivity index (χ1v) is 9.22. The molecule has 1 aromatic carbocycles. The van der Waals surface area contributed by atoms with E-state index < -0.39 is 17.9 Å². The molecule has 0 saturated heterocycles. The molecule has 144 valence electrons. The monoisotopic (exact) mass is 389 g/mol. The molecule has 26 heavy (non-hydrogen) atoms. The van der Waals surface area contributed by atoms with Crippen LogP contribution in [0.2, 0.25) is 0 Å². The summed E-state index contributed by atoms with van der Waals surface area (Å²) < 4.78 is 42.3. The third-order valence-electron chi connectivity index (χ3n) is 4.18. The van der Waals surface area contributed by atoms with Crippen LogP contribution >= 0.6 is 11.8 Å². The quantitative estimate of drug-likeness (QED) is 0.723. The van der Waals surface area contributed by atoms with Gasteiger partial charge in [-0.1, -0.05) is 37.7 Å². The Kier molecular flexibility index (Phi) is 6.23. The second-order valence-electron chi connectivity index (χ2n) is 6.73. The van der Waals surface area contributed by atoms with E-state index in [2.05, 4.69) is 14.8 Å². The molecule has 0 spiro atoms. The maximum absolute atomic E-state index is 12.2. The minimum absolute atomic E-state index is 0.264. The molecule has 0 saturated carbocycles. The summed E-state index contributed by atoms with van der Waals surface area (Å²) in [4.78, 5) is 4.14. The van der Waals surface area contributed by atoms with Gasteiger partial charge in [-0.15, -0.1) is 13.2 Å². The molecule has 1 N–H and O–H groups in total. The lowest BCUT2D eigenvalue weighted by atomic mass is 9.78. The number of aliphatic hydroxyl groups excluding tert-OH is 1. The van der Waals surface area contributed by atoms with Gasteiger partial charge in [-0.2, -0.15) is 5.10 Å². The summed E-state index contributed by atoms with van der Waals surface area (Å²) in [6.45, 7) is 5.68. The molecule has 9 heteroatoms. The van der Waals surface area contributed by atoms with Crippen molar-refractivity contribution in [3.05, 3.63) is 36.2 Å². The zero-order chi connectivity index (χ0) is 19.5. The van der Waals surface area contributed by atoms with Crippen LogP contribution in [0.5, 0.6) is 5.75 Å². The average molecular weight is 389 g/mol. The normalized spacial score (nSPS) is 14.9. The molecule has 1 heterocycles. The number of aromatic nitrogens is 3. The summed E-state index contributed by atoms with van der Waals surface area (Å²) in [6.07, 6.45) is -1.63. The minimum Gasteiger partial charge on any atom is -0.406 e. The molecule has 2 aromatic rings. The van der Waals surface area contributed by atoms with Gasteiger partial charge < -0.3 is 9.84 Å². The van der Waals surface area contributed by atoms with E-state index in [1.165, 1.54) is 30.2 Å². The van der Waals surface area contributed by atoms with Crippen molar-refractivity contribution in [2.75, 3.05) is 6.26 Å². The highest BCUT2D eigenvalue weighted by Crippen LogP contribution is 2.34. The Bertz CT molecular complexity index is 717. The van der Waals surface area contributed by atoms with Crippen LogP contribution in [0.3, 0.4) is 0 Å². The standard InChI is InChI=1S/C17H22F3N3O2S/c1-11(23-15(26-4)21-10-22-23)14(24)16(2,3)9-12-5-7-13(8-6-12)25-17(18,19)20/h5-8,10-11,14,24H,9H2,1-4H3. The Morgan fingerprint density at radius 2 is 1.85 bits per heavy atom. The largest absolute Gasteiger partial charge is 0.573 e. The summed E-state index contributed by atoms with van der Waals surface area (Å²) in [6, 6.07) is 5.39. The van der Waals surface area contributed by atoms with Crippen LogP contribution < -0.4 is 4.74 Å². The number of aliphatic hydroxyl groups is 1. The number of halogens is 3. The number of ether oxygens (including phenoxy) is 1. The van der Waals surface area contributed by atoms with Gasteiger partial charge in [0.2, 0.25) is 0 Å². The Balaban J connectivity index is 2.09. The molecule has 0 radical (unpaired) electrons. The van der Waals surface area contributed by atoms with E-state index in [1.54, 1.807) is 16.8 Å². The van der Waals surface area contributed by atoms with E-state index >= 15 is 0 Å². The van der Waals surface area contributed by atoms with Crippen LogP contribution in [-0.2, 0) is 6.42 Å². The van der Waals surface area contributed by atoms with Crippen LogP contribution in [0.25, 0.3) is 0 Å². The van der Waals surface area contributed by atoms with E-state index in [0.29, 0.717) is 11.6 Å². The van der Waals surface area contributed by atoms with Gasteiger partial charge in [0, 0.05) is 0 Å². The van der Waals surface area contributed by atoms with Crippen LogP contribution in [-0.4, -0.2) is 38.6 Å². The summed E-state index contributed by atoms with van der Waals surface area (Å²) >= 11 is 1.44. The van der Waals surface area contributed by atoms with Gasteiger partial charge in [0.15, 0.2) is 5.16 Å². The van der Waals surface area contributed by atoms with E-state index in [-0.39, 0.29) is 11.8 Å². The van der Waals surface area contributed by atoms with Crippen molar-refractivity contribution < 1.29 is 23.0 Å². The van der Waals surface area contributed by atoms with Crippen LogP contribution in [0.1, 0.15) is 32.4 Å². The third-order valence-corrected chi connectivity index (χ3v) is 4.84. The first kappa shape index (κ1) is 20.6. The average Bonchev–Trinajstić information content (AvgIpc) is 3.02. The molecule has 2 unspecified atom stereocenters. The molecular weight excluding hydrogens is 367 g/mol. The lowest BCUT2D eigenvalue weighted by Crippen LogP contribution is -2.38. The second kappa shape index (κ2) is 7.87. The van der Waals surface area contributed by atoms with E-state index in [1.807, 2.05) is 27.0 Å². The van der Waals surface area contributed by atoms with Gasteiger partial charge in [-0.25, -0.2) is 9.67 Å². The Morgan fingerprint density at radius 3 is 2.38 bits per heavy atom. The van der Waals surface area contributed by atoms with Crippen LogP contribution in [0, 0.1) is 5.41 Å². The topological polar surface area (TPSA) is 60.2 Å². The smallest absolute Gasteiger partial charge is 0.406 e. The lowest BCUT2D eigenvalue weighted by Gasteiger charge is -2.35. The molecule has 2 atom stereocenters. The van der Waals surface area contributed by atoms with Crippen molar-refractivity contribution >= 4 is 11.8 Å². The number of benzene rings is 1. The molecule has 2 rings (SSSR count). The van der Waals surface area contributed by atoms with Crippen molar-refractivity contribution in [3.63, 3.8) is 0 Å². The van der Waals surface area contributed by atoms with Crippen molar-refractivity contribution in [2.24, 2.45) is 5.41 Å². The van der Waals surface area contributed by atoms with Crippen molar-refractivity contribution in [1.29, 1.82) is 0 Å². The predicted octanol–water partition coefficient (Wildman–Crippen LogP) is 4.09. The second-order valence-corrected chi connectivity index (χ2v) is 7.51. The van der Waals surface area contributed by atoms with Gasteiger partial charge in [0.05, 0.1) is 12.1 Å². The molecule has 5 nitrogen and oxygen atoms in total. The van der Waals surface area contributed by atoms with Gasteiger partial charge in [-0.3, -0.25) is 0 Å². The van der Waals surface area contributed by atoms with Crippen LogP contribution in [0.4, 0.5) is 13.2 Å². The van der Waals surface area contributed by atoms with E-state index in [0.717, 1.165) is 5.56 Å². The molecule has 0 aliphatic carbocycles. The molecule has 0 amide bonds. The first-order chi connectivity index (χ1) is 12.0. The van der Waals surface area contributed by atoms with E-state index in [9.17, 15) is 18.3 Å². The van der Waals surface area contributed by atoms with Crippen molar-refractivity contribution in [3.8, 4) is 5.75 Å². The highest BCUT2D eigenvalue weighted by atomic mass is 32.2. The molecule has 1 aromatic heterocycles. The highest BCUT2D eigenvalue weighted by molar-refractivity contribution is 7.98. The maximum atomic E-state index is 12.2. The SMILES string of the molecule is CSc1ncnn1C(C)C(O)C(C)(C)Cc1ccc(OC(F)(F)F)cc1. The number of hydrogen-bond donors (Lipinski definition) is 1. The molecule has 0 aliphatic heterocycles. The first-order valence-electron chi connectivity index (χ1n) is 8.00. The summed E-state index contributed by atoms with van der Waals surface area (Å²) in [5, 5.41) is 15.7. The van der Waals surface area contributed by atoms with E-state index in [4.69, 9.17) is 0 Å². The van der Waals surface area contributed by atoms with Crippen molar-refractivity contribution in [2.45, 2.75) is 50.9 Å². The van der Waals surface area contributed by atoms with Gasteiger partial charge >= 0.3 is 6.36 Å². The number of thioether (sulfide) groups is 1. The Hall–Kier alpha value is -1.74. The van der Waals surface area contributed by atoms with Gasteiger partial charge in [0.1, 0.15) is 12.1 Å². The fraction of sp³-hybridized carbons (Fsp3) is 0.529. The molecule has 0 bridgehead atoms. The van der Waals surface area contributed by atoms with Crippen LogP contribution in [0.15, 0.2) is 35.7 Å². The molecule has 0 fully saturated rings. The van der Waals surface area contributed by atoms with Gasteiger partial charge in [-0.05, 0) is 42.7 Å². The zero-order valence-electron chi connectivity index (χ0n) is 15.0. The van der Waals surface area contributed by atoms with Crippen molar-refractivity contribution in [1.82, 2.24) is 14.8 Å². The lowest BCUT2D eigenvalue weighted by molar-refractivity contribution is -0.274. The summed E-state index contributed by atoms with van der Waals surface area (Å²) in [7, 11) is 0. The fourth-order valence-electron chi connectivity index (χ4n) is 2.89. The zero-order valence-corrected chi connectivity index (χ0v) is 15.8. The highest BCUT2D eigenvalue weighted by Gasteiger charge is 2.35. The number of hydrogen-bond acceptors (Lipinski definition) is 5. The summed E-state index contributed by atoms with van der Waals surface area (Å²) in [5.41, 5.74) is 0.271. The summed E-state index contributed by atoms with van der Waals surface area (Å²) in [5.74, 6) is -0.264. The molecular formula is C17H22F3N3O2S.